The number of hydrogen-bond donors (Lipinski definition) is 3. The van der Waals surface area contributed by atoms with Crippen LogP contribution >= 0.6 is 0 Å². The maximum absolute atomic E-state index is 12.2. The third-order valence-electron chi connectivity index (χ3n) is 3.31. The Kier molecular flexibility index (Phi) is 6.78. The summed E-state index contributed by atoms with van der Waals surface area (Å²) in [5, 5.41) is 5.15. The lowest BCUT2D eigenvalue weighted by Crippen LogP contribution is -2.33. The van der Waals surface area contributed by atoms with Gasteiger partial charge in [0.25, 0.3) is 5.91 Å². The molecule has 0 radical (unpaired) electrons. The third-order valence-corrected chi connectivity index (χ3v) is 3.92. The van der Waals surface area contributed by atoms with E-state index < -0.39 is 21.8 Å². The summed E-state index contributed by atoms with van der Waals surface area (Å²) < 4.78 is 30.1. The van der Waals surface area contributed by atoms with Gasteiger partial charge in [-0.25, -0.2) is 8.42 Å². The summed E-state index contributed by atoms with van der Waals surface area (Å²) in [6.45, 7) is 2.02. The predicted molar refractivity (Wildman–Crippen MR) is 103 cm³/mol. The number of carbonyl (C=O) groups excluding carboxylic acids is 2. The van der Waals surface area contributed by atoms with Gasteiger partial charge in [-0.15, -0.1) is 0 Å². The largest absolute Gasteiger partial charge is 0.493 e. The number of para-hydroxylation sites is 1. The van der Waals surface area contributed by atoms with Crippen LogP contribution in [0.25, 0.3) is 0 Å². The first-order valence-electron chi connectivity index (χ1n) is 8.16. The van der Waals surface area contributed by atoms with Gasteiger partial charge in [0.15, 0.2) is 0 Å². The molecule has 0 spiro atoms. The topological polar surface area (TPSA) is 114 Å². The molecule has 2 aromatic rings. The standard InChI is InChI=1S/C18H21N3O5S/c1-3-26-16-7-5-4-6-15(16)18(23)19-12-17(22)20-13-8-10-14(11-9-13)21-27(2,24)25/h4-11,21H,3,12H2,1-2H3,(H,19,23)(H,20,22). The number of nitrogens with one attached hydrogen (secondary N) is 3. The van der Waals surface area contributed by atoms with Gasteiger partial charge in [-0.1, -0.05) is 12.1 Å². The maximum atomic E-state index is 12.2. The Morgan fingerprint density at radius 3 is 2.26 bits per heavy atom. The lowest BCUT2D eigenvalue weighted by molar-refractivity contribution is -0.115. The minimum absolute atomic E-state index is 0.220. The highest BCUT2D eigenvalue weighted by atomic mass is 32.2. The first-order chi connectivity index (χ1) is 12.8. The lowest BCUT2D eigenvalue weighted by atomic mass is 10.2. The number of rotatable bonds is 8. The number of amides is 2. The van der Waals surface area contributed by atoms with Crippen LogP contribution in [-0.4, -0.2) is 39.6 Å². The number of hydrogen-bond acceptors (Lipinski definition) is 5. The van der Waals surface area contributed by atoms with Gasteiger partial charge in [0.2, 0.25) is 15.9 Å². The van der Waals surface area contributed by atoms with E-state index in [1.54, 1.807) is 36.4 Å². The molecule has 3 N–H and O–H groups in total. The Morgan fingerprint density at radius 1 is 1.00 bits per heavy atom. The van der Waals surface area contributed by atoms with E-state index in [2.05, 4.69) is 15.4 Å². The van der Waals surface area contributed by atoms with Crippen molar-refractivity contribution in [2.24, 2.45) is 0 Å². The van der Waals surface area contributed by atoms with Gasteiger partial charge in [-0.05, 0) is 43.3 Å². The van der Waals surface area contributed by atoms with Gasteiger partial charge in [-0.2, -0.15) is 0 Å². The zero-order chi connectivity index (χ0) is 19.9. The average Bonchev–Trinajstić information content (AvgIpc) is 2.61. The van der Waals surface area contributed by atoms with Crippen molar-refractivity contribution in [2.75, 3.05) is 29.4 Å². The molecule has 2 amide bonds. The molecule has 27 heavy (non-hydrogen) atoms. The van der Waals surface area contributed by atoms with Crippen LogP contribution in [0.4, 0.5) is 11.4 Å². The average molecular weight is 391 g/mol. The Morgan fingerprint density at radius 2 is 1.63 bits per heavy atom. The van der Waals surface area contributed by atoms with Crippen molar-refractivity contribution in [3.63, 3.8) is 0 Å². The van der Waals surface area contributed by atoms with E-state index in [1.165, 1.54) is 12.1 Å². The van der Waals surface area contributed by atoms with E-state index in [4.69, 9.17) is 4.74 Å². The highest BCUT2D eigenvalue weighted by Gasteiger charge is 2.13. The van der Waals surface area contributed by atoms with Crippen molar-refractivity contribution in [3.05, 3.63) is 54.1 Å². The number of anilines is 2. The monoisotopic (exact) mass is 391 g/mol. The summed E-state index contributed by atoms with van der Waals surface area (Å²) >= 11 is 0. The van der Waals surface area contributed by atoms with Crippen molar-refractivity contribution >= 4 is 33.2 Å². The van der Waals surface area contributed by atoms with E-state index in [0.717, 1.165) is 6.26 Å². The highest BCUT2D eigenvalue weighted by molar-refractivity contribution is 7.92. The molecule has 2 rings (SSSR count). The molecule has 0 aromatic heterocycles. The second kappa shape index (κ2) is 9.04. The van der Waals surface area contributed by atoms with Gasteiger partial charge in [-0.3, -0.25) is 14.3 Å². The van der Waals surface area contributed by atoms with E-state index in [1.807, 2.05) is 6.92 Å². The fourth-order valence-corrected chi connectivity index (χ4v) is 2.80. The number of ether oxygens (including phenoxy) is 1. The minimum Gasteiger partial charge on any atom is -0.493 e. The van der Waals surface area contributed by atoms with Crippen LogP contribution < -0.4 is 20.1 Å². The fourth-order valence-electron chi connectivity index (χ4n) is 2.23. The summed E-state index contributed by atoms with van der Waals surface area (Å²) in [5.41, 5.74) is 1.21. The Labute approximate surface area is 158 Å². The van der Waals surface area contributed by atoms with Crippen LogP contribution in [0.2, 0.25) is 0 Å². The third kappa shape index (κ3) is 6.63. The number of benzene rings is 2. The van der Waals surface area contributed by atoms with E-state index >= 15 is 0 Å². The van der Waals surface area contributed by atoms with Gasteiger partial charge in [0, 0.05) is 11.4 Å². The molecule has 2 aromatic carbocycles. The Hall–Kier alpha value is -3.07. The van der Waals surface area contributed by atoms with E-state index in [-0.39, 0.29) is 6.54 Å². The molecule has 0 unspecified atom stereocenters. The maximum Gasteiger partial charge on any atom is 0.255 e. The predicted octanol–water partition coefficient (Wildman–Crippen LogP) is 1.83. The van der Waals surface area contributed by atoms with Crippen LogP contribution in [0.5, 0.6) is 5.75 Å². The molecule has 0 fully saturated rings. The molecular weight excluding hydrogens is 370 g/mol. The van der Waals surface area contributed by atoms with Crippen LogP contribution in [-0.2, 0) is 14.8 Å². The van der Waals surface area contributed by atoms with Gasteiger partial charge in [0.05, 0.1) is 25.0 Å². The molecule has 0 saturated heterocycles. The smallest absolute Gasteiger partial charge is 0.255 e. The van der Waals surface area contributed by atoms with Crippen molar-refractivity contribution in [1.29, 1.82) is 0 Å². The summed E-state index contributed by atoms with van der Waals surface area (Å²) in [7, 11) is -3.36. The SMILES string of the molecule is CCOc1ccccc1C(=O)NCC(=O)Nc1ccc(NS(C)(=O)=O)cc1. The number of sulfonamides is 1. The van der Waals surface area contributed by atoms with Crippen molar-refractivity contribution in [3.8, 4) is 5.75 Å². The molecule has 8 nitrogen and oxygen atoms in total. The molecule has 0 bridgehead atoms. The van der Waals surface area contributed by atoms with Crippen molar-refractivity contribution < 1.29 is 22.7 Å². The molecule has 144 valence electrons. The molecule has 0 aliphatic carbocycles. The second-order valence-corrected chi connectivity index (χ2v) is 7.36. The summed E-state index contributed by atoms with van der Waals surface area (Å²) in [6, 6.07) is 12.9. The highest BCUT2D eigenvalue weighted by Crippen LogP contribution is 2.17. The molecule has 9 heteroatoms. The summed E-state index contributed by atoms with van der Waals surface area (Å²) in [4.78, 5) is 24.2. The summed E-state index contributed by atoms with van der Waals surface area (Å²) in [6.07, 6.45) is 1.05. The quantitative estimate of drug-likeness (QED) is 0.635. The molecule has 0 aliphatic heterocycles. The minimum atomic E-state index is -3.36. The van der Waals surface area contributed by atoms with Crippen LogP contribution in [0.1, 0.15) is 17.3 Å². The fraction of sp³-hybridized carbons (Fsp3) is 0.222. The van der Waals surface area contributed by atoms with Gasteiger partial charge >= 0.3 is 0 Å². The van der Waals surface area contributed by atoms with E-state index in [9.17, 15) is 18.0 Å². The first kappa shape index (κ1) is 20.2. The van der Waals surface area contributed by atoms with Crippen molar-refractivity contribution in [2.45, 2.75) is 6.92 Å². The van der Waals surface area contributed by atoms with Gasteiger partial charge in [0.1, 0.15) is 5.75 Å². The van der Waals surface area contributed by atoms with Crippen LogP contribution in [0.15, 0.2) is 48.5 Å². The normalized spacial score (nSPS) is 10.7. The lowest BCUT2D eigenvalue weighted by Gasteiger charge is -2.11. The zero-order valence-corrected chi connectivity index (χ0v) is 15.8. The van der Waals surface area contributed by atoms with Gasteiger partial charge < -0.3 is 15.4 Å². The van der Waals surface area contributed by atoms with Crippen molar-refractivity contribution in [1.82, 2.24) is 5.32 Å². The molecular formula is C18H21N3O5S. The summed E-state index contributed by atoms with van der Waals surface area (Å²) in [5.74, 6) is -0.380. The number of carbonyl (C=O) groups is 2. The Bertz CT molecular complexity index is 911. The molecule has 0 atom stereocenters. The first-order valence-corrected chi connectivity index (χ1v) is 10.1. The zero-order valence-electron chi connectivity index (χ0n) is 15.0. The second-order valence-electron chi connectivity index (χ2n) is 5.61. The molecule has 0 saturated carbocycles. The Balaban J connectivity index is 1.90. The molecule has 0 aliphatic rings. The molecule has 0 heterocycles. The van der Waals surface area contributed by atoms with Crippen LogP contribution in [0.3, 0.4) is 0 Å². The van der Waals surface area contributed by atoms with Crippen LogP contribution in [0, 0.1) is 0 Å². The van der Waals surface area contributed by atoms with E-state index in [0.29, 0.717) is 29.3 Å².